The Morgan fingerprint density at radius 3 is 2.73 bits per heavy atom. The third-order valence-corrected chi connectivity index (χ3v) is 3.89. The maximum atomic E-state index is 12.0. The first-order chi connectivity index (χ1) is 10.5. The van der Waals surface area contributed by atoms with Gasteiger partial charge in [-0.2, -0.15) is 5.10 Å². The molecular weight excluding hydrogens is 416 g/mol. The van der Waals surface area contributed by atoms with Crippen LogP contribution in [-0.2, 0) is 0 Å². The van der Waals surface area contributed by atoms with Crippen LogP contribution < -0.4 is 10.2 Å². The minimum absolute atomic E-state index is 0.0772. The van der Waals surface area contributed by atoms with Gasteiger partial charge in [0, 0.05) is 15.6 Å². The highest BCUT2D eigenvalue weighted by Crippen LogP contribution is 2.25. The maximum Gasteiger partial charge on any atom is 0.271 e. The third kappa shape index (κ3) is 4.08. The van der Waals surface area contributed by atoms with Crippen LogP contribution in [0.2, 0.25) is 0 Å². The number of carbonyl (C=O) groups is 1. The quantitative estimate of drug-likeness (QED) is 0.577. The lowest BCUT2D eigenvalue weighted by atomic mass is 10.2. The van der Waals surface area contributed by atoms with Crippen LogP contribution in [0, 0.1) is 0 Å². The van der Waals surface area contributed by atoms with Gasteiger partial charge < -0.3 is 9.84 Å². The molecule has 0 aliphatic carbocycles. The van der Waals surface area contributed by atoms with E-state index in [0.29, 0.717) is 21.3 Å². The van der Waals surface area contributed by atoms with Crippen molar-refractivity contribution in [1.29, 1.82) is 0 Å². The van der Waals surface area contributed by atoms with Crippen LogP contribution in [-0.4, -0.2) is 24.3 Å². The zero-order chi connectivity index (χ0) is 16.1. The number of phenolic OH excluding ortho intramolecular Hbond substituents is 1. The van der Waals surface area contributed by atoms with Crippen molar-refractivity contribution >= 4 is 44.0 Å². The zero-order valence-electron chi connectivity index (χ0n) is 11.5. The number of aromatic hydroxyl groups is 1. The van der Waals surface area contributed by atoms with Crippen LogP contribution in [0.1, 0.15) is 15.9 Å². The number of phenols is 1. The Labute approximate surface area is 144 Å². The van der Waals surface area contributed by atoms with Crippen LogP contribution in [0.3, 0.4) is 0 Å². The van der Waals surface area contributed by atoms with Gasteiger partial charge in [-0.3, -0.25) is 4.79 Å². The summed E-state index contributed by atoms with van der Waals surface area (Å²) in [6.07, 6.45) is 1.37. The molecule has 0 saturated carbocycles. The molecule has 0 aromatic heterocycles. The predicted octanol–water partition coefficient (Wildman–Crippen LogP) is 3.69. The number of benzene rings is 2. The second kappa shape index (κ2) is 7.42. The summed E-state index contributed by atoms with van der Waals surface area (Å²) in [6, 6.07) is 9.89. The molecule has 2 N–H and O–H groups in total. The summed E-state index contributed by atoms with van der Waals surface area (Å²) in [6.45, 7) is 0. The zero-order valence-corrected chi connectivity index (χ0v) is 14.7. The topological polar surface area (TPSA) is 70.9 Å². The molecule has 0 bridgehead atoms. The van der Waals surface area contributed by atoms with Crippen molar-refractivity contribution in [2.75, 3.05) is 7.11 Å². The van der Waals surface area contributed by atoms with Gasteiger partial charge in [-0.25, -0.2) is 5.43 Å². The number of nitrogens with zero attached hydrogens (tertiary/aromatic N) is 1. The number of nitrogens with one attached hydrogen (secondary N) is 1. The van der Waals surface area contributed by atoms with Crippen molar-refractivity contribution in [3.05, 3.63) is 56.5 Å². The van der Waals surface area contributed by atoms with Gasteiger partial charge in [0.2, 0.25) is 0 Å². The average molecular weight is 428 g/mol. The molecule has 0 aliphatic rings. The lowest BCUT2D eigenvalue weighted by molar-refractivity contribution is 0.0955. The third-order valence-electron chi connectivity index (χ3n) is 2.77. The van der Waals surface area contributed by atoms with Crippen LogP contribution in [0.5, 0.6) is 11.5 Å². The van der Waals surface area contributed by atoms with E-state index >= 15 is 0 Å². The second-order valence-corrected chi connectivity index (χ2v) is 6.02. The summed E-state index contributed by atoms with van der Waals surface area (Å²) in [5.74, 6) is 0.349. The van der Waals surface area contributed by atoms with E-state index in [4.69, 9.17) is 4.74 Å². The molecule has 0 atom stereocenters. The summed E-state index contributed by atoms with van der Waals surface area (Å²) in [5.41, 5.74) is 3.33. The molecule has 22 heavy (non-hydrogen) atoms. The van der Waals surface area contributed by atoms with Crippen LogP contribution in [0.4, 0.5) is 0 Å². The standard InChI is InChI=1S/C15H12Br2N2O3/c1-22-14-5-2-9(7-12(14)17)15(21)19-18-8-10-6-11(16)3-4-13(10)20/h2-8,20H,1H3,(H,19,21)/b18-8-. The summed E-state index contributed by atoms with van der Waals surface area (Å²) < 4.78 is 6.58. The fraction of sp³-hybridized carbons (Fsp3) is 0.0667. The maximum absolute atomic E-state index is 12.0. The molecule has 0 saturated heterocycles. The fourth-order valence-corrected chi connectivity index (χ4v) is 2.58. The second-order valence-electron chi connectivity index (χ2n) is 4.25. The molecule has 114 valence electrons. The molecule has 5 nitrogen and oxygen atoms in total. The number of amides is 1. The van der Waals surface area contributed by atoms with Crippen molar-refractivity contribution in [2.24, 2.45) is 5.10 Å². The number of hydrogen-bond donors (Lipinski definition) is 2. The minimum Gasteiger partial charge on any atom is -0.507 e. The van der Waals surface area contributed by atoms with Gasteiger partial charge in [-0.1, -0.05) is 15.9 Å². The van der Waals surface area contributed by atoms with Gasteiger partial charge in [-0.15, -0.1) is 0 Å². The van der Waals surface area contributed by atoms with Crippen molar-refractivity contribution in [3.63, 3.8) is 0 Å². The Hall–Kier alpha value is -1.86. The van der Waals surface area contributed by atoms with Crippen molar-refractivity contribution in [1.82, 2.24) is 5.43 Å². The van der Waals surface area contributed by atoms with Gasteiger partial charge in [0.15, 0.2) is 0 Å². The van der Waals surface area contributed by atoms with E-state index in [0.717, 1.165) is 4.47 Å². The Balaban J connectivity index is 2.08. The summed E-state index contributed by atoms with van der Waals surface area (Å²) in [7, 11) is 1.55. The van der Waals surface area contributed by atoms with Gasteiger partial charge in [0.05, 0.1) is 17.8 Å². The van der Waals surface area contributed by atoms with Crippen molar-refractivity contribution in [3.8, 4) is 11.5 Å². The van der Waals surface area contributed by atoms with E-state index in [1.54, 1.807) is 37.4 Å². The highest BCUT2D eigenvalue weighted by molar-refractivity contribution is 9.10. The highest BCUT2D eigenvalue weighted by Gasteiger charge is 2.08. The first kappa shape index (κ1) is 16.5. The van der Waals surface area contributed by atoms with Gasteiger partial charge in [-0.05, 0) is 52.3 Å². The predicted molar refractivity (Wildman–Crippen MR) is 91.6 cm³/mol. The largest absolute Gasteiger partial charge is 0.507 e. The smallest absolute Gasteiger partial charge is 0.271 e. The highest BCUT2D eigenvalue weighted by atomic mass is 79.9. The Morgan fingerprint density at radius 1 is 1.27 bits per heavy atom. The number of halogens is 2. The molecule has 0 spiro atoms. The number of rotatable bonds is 4. The number of hydrogen-bond acceptors (Lipinski definition) is 4. The SMILES string of the molecule is COc1ccc(C(=O)N/N=C\c2cc(Br)ccc2O)cc1Br. The molecule has 2 aromatic rings. The number of ether oxygens (including phenoxy) is 1. The molecule has 0 fully saturated rings. The van der Waals surface area contributed by atoms with Crippen molar-refractivity contribution < 1.29 is 14.6 Å². The molecule has 7 heteroatoms. The Morgan fingerprint density at radius 2 is 2.05 bits per heavy atom. The lowest BCUT2D eigenvalue weighted by Gasteiger charge is -2.05. The summed E-state index contributed by atoms with van der Waals surface area (Å²) in [4.78, 5) is 12.0. The molecule has 0 unspecified atom stereocenters. The molecule has 0 radical (unpaired) electrons. The van der Waals surface area contributed by atoms with E-state index in [9.17, 15) is 9.90 Å². The fourth-order valence-electron chi connectivity index (χ4n) is 1.66. The molecule has 0 heterocycles. The Bertz CT molecular complexity index is 733. The molecule has 0 aliphatic heterocycles. The monoisotopic (exact) mass is 426 g/mol. The van der Waals surface area contributed by atoms with E-state index in [2.05, 4.69) is 42.4 Å². The first-order valence-electron chi connectivity index (χ1n) is 6.16. The number of methoxy groups -OCH3 is 1. The number of carbonyl (C=O) groups excluding carboxylic acids is 1. The summed E-state index contributed by atoms with van der Waals surface area (Å²) in [5, 5.41) is 13.5. The van der Waals surface area contributed by atoms with E-state index < -0.39 is 0 Å². The molecule has 2 aromatic carbocycles. The normalized spacial score (nSPS) is 10.7. The van der Waals surface area contributed by atoms with E-state index in [1.807, 2.05) is 0 Å². The molecular formula is C15H12Br2N2O3. The van der Waals surface area contributed by atoms with Crippen LogP contribution in [0.25, 0.3) is 0 Å². The van der Waals surface area contributed by atoms with Crippen molar-refractivity contribution in [2.45, 2.75) is 0 Å². The lowest BCUT2D eigenvalue weighted by Crippen LogP contribution is -2.17. The minimum atomic E-state index is -0.367. The first-order valence-corrected chi connectivity index (χ1v) is 7.75. The average Bonchev–Trinajstić information content (AvgIpc) is 2.50. The van der Waals surface area contributed by atoms with Crippen LogP contribution >= 0.6 is 31.9 Å². The molecule has 1 amide bonds. The molecule has 2 rings (SSSR count). The van der Waals surface area contributed by atoms with Gasteiger partial charge in [0.25, 0.3) is 5.91 Å². The number of hydrazone groups is 1. The van der Waals surface area contributed by atoms with Gasteiger partial charge >= 0.3 is 0 Å². The van der Waals surface area contributed by atoms with E-state index in [-0.39, 0.29) is 11.7 Å². The van der Waals surface area contributed by atoms with Gasteiger partial charge in [0.1, 0.15) is 11.5 Å². The van der Waals surface area contributed by atoms with Crippen LogP contribution in [0.15, 0.2) is 50.4 Å². The summed E-state index contributed by atoms with van der Waals surface area (Å²) >= 11 is 6.61. The Kier molecular flexibility index (Phi) is 5.57. The van der Waals surface area contributed by atoms with E-state index in [1.165, 1.54) is 12.3 Å².